The van der Waals surface area contributed by atoms with E-state index in [0.29, 0.717) is 5.52 Å². The highest BCUT2D eigenvalue weighted by Crippen LogP contribution is 2.59. The molecule has 10 heteroatoms. The van der Waals surface area contributed by atoms with Crippen LogP contribution in [-0.2, 0) is 19.0 Å². The van der Waals surface area contributed by atoms with Gasteiger partial charge in [-0.25, -0.2) is 14.2 Å². The molecule has 0 amide bonds. The number of pyridine rings is 1. The van der Waals surface area contributed by atoms with Crippen molar-refractivity contribution in [1.82, 2.24) is 14.5 Å². The minimum atomic E-state index is -2.21. The predicted octanol–water partition coefficient (Wildman–Crippen LogP) is 1.50. The number of carbonyl (C=O) groups excluding carboxylic acids is 2. The zero-order chi connectivity index (χ0) is 21.0. The van der Waals surface area contributed by atoms with E-state index in [2.05, 4.69) is 9.97 Å². The number of nitrogens with zero attached hydrogens (tertiary/aromatic N) is 2. The van der Waals surface area contributed by atoms with Gasteiger partial charge in [0, 0.05) is 13.1 Å². The average molecular weight is 413 g/mol. The fraction of sp³-hybridized carbons (Fsp3) is 0.300. The number of benzene rings is 1. The number of rotatable bonds is 4. The Labute approximate surface area is 168 Å². The Hall–Kier alpha value is -3.53. The molecule has 1 saturated heterocycles. The molecule has 2 fully saturated rings. The number of aromatic amines is 1. The van der Waals surface area contributed by atoms with E-state index in [9.17, 15) is 14.4 Å². The molecule has 3 heterocycles. The molecule has 1 saturated carbocycles. The first-order valence-corrected chi connectivity index (χ1v) is 9.23. The molecule has 0 spiro atoms. The normalized spacial score (nSPS) is 29.4. The number of ether oxygens (including phenoxy) is 3. The lowest BCUT2D eigenvalue weighted by Crippen LogP contribution is -2.38. The fourth-order valence-electron chi connectivity index (χ4n) is 3.88. The van der Waals surface area contributed by atoms with Crippen molar-refractivity contribution in [3.63, 3.8) is 0 Å². The Kier molecular flexibility index (Phi) is 4.00. The van der Waals surface area contributed by atoms with Gasteiger partial charge in [0.2, 0.25) is 5.67 Å². The maximum absolute atomic E-state index is 15.8. The highest BCUT2D eigenvalue weighted by atomic mass is 19.1. The first-order valence-electron chi connectivity index (χ1n) is 9.23. The number of esters is 2. The van der Waals surface area contributed by atoms with Crippen LogP contribution in [0.25, 0.3) is 11.0 Å². The topological polar surface area (TPSA) is 113 Å². The zero-order valence-corrected chi connectivity index (χ0v) is 15.7. The monoisotopic (exact) mass is 413 g/mol. The van der Waals surface area contributed by atoms with E-state index in [-0.39, 0.29) is 11.1 Å². The number of carbonyl (C=O) groups is 2. The summed E-state index contributed by atoms with van der Waals surface area (Å²) in [7, 11) is 0. The van der Waals surface area contributed by atoms with E-state index in [1.807, 2.05) is 0 Å². The van der Waals surface area contributed by atoms with Gasteiger partial charge in [-0.05, 0) is 18.2 Å². The zero-order valence-electron chi connectivity index (χ0n) is 15.7. The third kappa shape index (κ3) is 2.64. The minimum absolute atomic E-state index is 0.142. The van der Waals surface area contributed by atoms with Crippen LogP contribution in [-0.4, -0.2) is 50.5 Å². The summed E-state index contributed by atoms with van der Waals surface area (Å²) in [5.74, 6) is -1.41. The Morgan fingerprint density at radius 2 is 1.97 bits per heavy atom. The predicted molar refractivity (Wildman–Crippen MR) is 99.3 cm³/mol. The Morgan fingerprint density at radius 1 is 1.20 bits per heavy atom. The van der Waals surface area contributed by atoms with Gasteiger partial charge in [0.15, 0.2) is 24.0 Å². The number of H-pyrrole nitrogens is 1. The number of halogens is 1. The van der Waals surface area contributed by atoms with E-state index in [0.717, 1.165) is 6.92 Å². The molecule has 2 aromatic heterocycles. The van der Waals surface area contributed by atoms with Crippen molar-refractivity contribution in [3.8, 4) is 0 Å². The van der Waals surface area contributed by atoms with E-state index >= 15 is 4.39 Å². The third-order valence-electron chi connectivity index (χ3n) is 5.33. The SMILES string of the molecule is CC(=O)O[C@H]1C(n2cnc3c(=O)[nH]ccc32)O[C@@H]2C(OC(=O)c3ccccc3)[C@]21F. The molecule has 0 bridgehead atoms. The third-order valence-corrected chi connectivity index (χ3v) is 5.33. The molecule has 1 aromatic carbocycles. The number of alkyl halides is 1. The Bertz CT molecular complexity index is 1210. The summed E-state index contributed by atoms with van der Waals surface area (Å²) < 4.78 is 33.5. The summed E-state index contributed by atoms with van der Waals surface area (Å²) in [4.78, 5) is 42.4. The molecule has 154 valence electrons. The van der Waals surface area contributed by atoms with Gasteiger partial charge >= 0.3 is 11.9 Å². The Morgan fingerprint density at radius 3 is 2.70 bits per heavy atom. The van der Waals surface area contributed by atoms with Gasteiger partial charge in [-0.3, -0.25) is 14.2 Å². The van der Waals surface area contributed by atoms with Crippen LogP contribution in [0.15, 0.2) is 53.7 Å². The maximum atomic E-state index is 15.8. The van der Waals surface area contributed by atoms with Gasteiger partial charge in [-0.15, -0.1) is 0 Å². The quantitative estimate of drug-likeness (QED) is 0.645. The second kappa shape index (κ2) is 6.49. The van der Waals surface area contributed by atoms with E-state index < -0.39 is 47.7 Å². The van der Waals surface area contributed by atoms with Crippen LogP contribution in [0.1, 0.15) is 23.5 Å². The molecule has 5 atom stereocenters. The smallest absolute Gasteiger partial charge is 0.338 e. The highest BCUT2D eigenvalue weighted by Gasteiger charge is 2.83. The lowest BCUT2D eigenvalue weighted by Gasteiger charge is -2.26. The van der Waals surface area contributed by atoms with Crippen molar-refractivity contribution in [1.29, 1.82) is 0 Å². The number of nitrogens with one attached hydrogen (secondary N) is 1. The summed E-state index contributed by atoms with van der Waals surface area (Å²) in [6.07, 6.45) is -2.04. The van der Waals surface area contributed by atoms with Gasteiger partial charge in [-0.2, -0.15) is 0 Å². The molecule has 0 radical (unpaired) electrons. The standard InChI is InChI=1S/C20H16FN3O6/c1-10(25)28-16-18(24-9-23-13-12(24)7-8-22-17(13)26)29-14-15(20(14,16)21)30-19(27)11-5-3-2-4-6-11/h2-9,14-16,18H,1H3,(H,22,26)/t14-,15?,16+,18?,20-/m1/s1. The second-order valence-corrected chi connectivity index (χ2v) is 7.19. The van der Waals surface area contributed by atoms with Crippen molar-refractivity contribution < 1.29 is 28.2 Å². The minimum Gasteiger partial charge on any atom is -0.454 e. The van der Waals surface area contributed by atoms with Crippen molar-refractivity contribution in [2.75, 3.05) is 0 Å². The molecule has 2 aliphatic rings. The van der Waals surface area contributed by atoms with Crippen LogP contribution in [0.4, 0.5) is 4.39 Å². The summed E-state index contributed by atoms with van der Waals surface area (Å²) in [6.45, 7) is 1.15. The van der Waals surface area contributed by atoms with Crippen LogP contribution < -0.4 is 5.56 Å². The summed E-state index contributed by atoms with van der Waals surface area (Å²) in [5.41, 5.74) is -1.82. The van der Waals surface area contributed by atoms with Gasteiger partial charge in [0.05, 0.1) is 17.4 Å². The summed E-state index contributed by atoms with van der Waals surface area (Å²) in [5, 5.41) is 0. The first kappa shape index (κ1) is 18.5. The van der Waals surface area contributed by atoms with Gasteiger partial charge in [0.25, 0.3) is 5.56 Å². The number of fused-ring (bicyclic) bond motifs is 2. The van der Waals surface area contributed by atoms with Crippen LogP contribution in [0.5, 0.6) is 0 Å². The van der Waals surface area contributed by atoms with E-state index in [1.54, 1.807) is 36.4 Å². The number of hydrogen-bond acceptors (Lipinski definition) is 7. The van der Waals surface area contributed by atoms with Crippen molar-refractivity contribution in [2.24, 2.45) is 0 Å². The Balaban J connectivity index is 1.44. The largest absolute Gasteiger partial charge is 0.454 e. The lowest BCUT2D eigenvalue weighted by atomic mass is 10.1. The number of hydrogen-bond donors (Lipinski definition) is 1. The van der Waals surface area contributed by atoms with Crippen LogP contribution in [0, 0.1) is 0 Å². The van der Waals surface area contributed by atoms with Crippen LogP contribution in [0.3, 0.4) is 0 Å². The number of imidazole rings is 1. The summed E-state index contributed by atoms with van der Waals surface area (Å²) in [6, 6.07) is 9.75. The van der Waals surface area contributed by atoms with Gasteiger partial charge < -0.3 is 19.2 Å². The van der Waals surface area contributed by atoms with Gasteiger partial charge in [0.1, 0.15) is 6.10 Å². The van der Waals surface area contributed by atoms with Gasteiger partial charge in [-0.1, -0.05) is 18.2 Å². The molecule has 9 nitrogen and oxygen atoms in total. The number of aromatic nitrogens is 3. The highest BCUT2D eigenvalue weighted by molar-refractivity contribution is 5.89. The van der Waals surface area contributed by atoms with Crippen molar-refractivity contribution in [2.45, 2.75) is 37.1 Å². The molecular formula is C20H16FN3O6. The molecular weight excluding hydrogens is 397 g/mol. The molecule has 30 heavy (non-hydrogen) atoms. The molecule has 2 unspecified atom stereocenters. The lowest BCUT2D eigenvalue weighted by molar-refractivity contribution is -0.162. The van der Waals surface area contributed by atoms with E-state index in [4.69, 9.17) is 14.2 Å². The van der Waals surface area contributed by atoms with Crippen LogP contribution in [0.2, 0.25) is 0 Å². The van der Waals surface area contributed by atoms with Crippen molar-refractivity contribution >= 4 is 23.0 Å². The molecule has 5 rings (SSSR count). The first-order chi connectivity index (χ1) is 14.4. The molecule has 1 N–H and O–H groups in total. The van der Waals surface area contributed by atoms with E-state index in [1.165, 1.54) is 17.1 Å². The second-order valence-electron chi connectivity index (χ2n) is 7.19. The summed E-state index contributed by atoms with van der Waals surface area (Å²) >= 11 is 0. The molecule has 1 aliphatic carbocycles. The van der Waals surface area contributed by atoms with Crippen molar-refractivity contribution in [3.05, 3.63) is 64.8 Å². The molecule has 1 aliphatic heterocycles. The molecule has 3 aromatic rings. The van der Waals surface area contributed by atoms with Crippen LogP contribution >= 0.6 is 0 Å². The maximum Gasteiger partial charge on any atom is 0.338 e. The fourth-order valence-corrected chi connectivity index (χ4v) is 3.88. The average Bonchev–Trinajstić information content (AvgIpc) is 3.03.